The van der Waals surface area contributed by atoms with Crippen molar-refractivity contribution in [3.8, 4) is 0 Å². The van der Waals surface area contributed by atoms with Crippen LogP contribution in [0.5, 0.6) is 0 Å². The molecule has 1 heteroatoms. The highest BCUT2D eigenvalue weighted by atomic mass is 16.3. The molecule has 3 aliphatic carbocycles. The van der Waals surface area contributed by atoms with Gasteiger partial charge in [0.1, 0.15) is 0 Å². The van der Waals surface area contributed by atoms with Gasteiger partial charge in [0.2, 0.25) is 0 Å². The molecule has 3 atom stereocenters. The van der Waals surface area contributed by atoms with Gasteiger partial charge in [0, 0.05) is 0 Å². The van der Waals surface area contributed by atoms with Gasteiger partial charge >= 0.3 is 0 Å². The number of aliphatic hydroxyl groups is 1. The topological polar surface area (TPSA) is 20.2 Å². The van der Waals surface area contributed by atoms with Crippen LogP contribution in [-0.4, -0.2) is 11.2 Å². The molecule has 0 aliphatic heterocycles. The quantitative estimate of drug-likeness (QED) is 0.716. The lowest BCUT2D eigenvalue weighted by atomic mass is 9.82. The van der Waals surface area contributed by atoms with Gasteiger partial charge in [0.25, 0.3) is 0 Å². The highest BCUT2D eigenvalue weighted by Crippen LogP contribution is 2.60. The molecule has 3 saturated carbocycles. The monoisotopic (exact) mass is 194 g/mol. The zero-order valence-corrected chi connectivity index (χ0v) is 8.99. The van der Waals surface area contributed by atoms with Crippen LogP contribution in [0.4, 0.5) is 0 Å². The Morgan fingerprint density at radius 2 is 1.43 bits per heavy atom. The van der Waals surface area contributed by atoms with Gasteiger partial charge in [-0.1, -0.05) is 25.7 Å². The molecule has 0 saturated heterocycles. The fourth-order valence-corrected chi connectivity index (χ4v) is 4.17. The number of rotatable bonds is 2. The van der Waals surface area contributed by atoms with E-state index in [2.05, 4.69) is 0 Å². The van der Waals surface area contributed by atoms with E-state index in [1.165, 1.54) is 51.4 Å². The Kier molecular flexibility index (Phi) is 2.31. The summed E-state index contributed by atoms with van der Waals surface area (Å²) in [5.41, 5.74) is 0. The lowest BCUT2D eigenvalue weighted by molar-refractivity contribution is 0.0547. The molecular formula is C13H22O. The van der Waals surface area contributed by atoms with Crippen LogP contribution >= 0.6 is 0 Å². The van der Waals surface area contributed by atoms with Crippen LogP contribution in [0.15, 0.2) is 0 Å². The minimum atomic E-state index is 0.0746. The van der Waals surface area contributed by atoms with Crippen LogP contribution in [0.2, 0.25) is 0 Å². The zero-order chi connectivity index (χ0) is 9.54. The van der Waals surface area contributed by atoms with Gasteiger partial charge in [-0.25, -0.2) is 0 Å². The van der Waals surface area contributed by atoms with E-state index in [0.29, 0.717) is 5.92 Å². The van der Waals surface area contributed by atoms with Gasteiger partial charge in [-0.05, 0) is 49.4 Å². The van der Waals surface area contributed by atoms with Crippen molar-refractivity contribution in [3.05, 3.63) is 0 Å². The van der Waals surface area contributed by atoms with Gasteiger partial charge in [-0.3, -0.25) is 0 Å². The number of hydrogen-bond acceptors (Lipinski definition) is 1. The lowest BCUT2D eigenvalue weighted by Crippen LogP contribution is -2.26. The van der Waals surface area contributed by atoms with Gasteiger partial charge in [0.05, 0.1) is 6.10 Å². The summed E-state index contributed by atoms with van der Waals surface area (Å²) in [7, 11) is 0. The zero-order valence-electron chi connectivity index (χ0n) is 8.99. The molecule has 3 unspecified atom stereocenters. The summed E-state index contributed by atoms with van der Waals surface area (Å²) < 4.78 is 0. The van der Waals surface area contributed by atoms with E-state index in [4.69, 9.17) is 0 Å². The van der Waals surface area contributed by atoms with Gasteiger partial charge in [-0.15, -0.1) is 0 Å². The molecule has 0 bridgehead atoms. The van der Waals surface area contributed by atoms with Crippen LogP contribution in [0.3, 0.4) is 0 Å². The first-order valence-corrected chi connectivity index (χ1v) is 6.56. The minimum absolute atomic E-state index is 0.0746. The first kappa shape index (κ1) is 9.21. The van der Waals surface area contributed by atoms with E-state index < -0.39 is 0 Å². The molecule has 0 amide bonds. The Morgan fingerprint density at radius 1 is 0.786 bits per heavy atom. The van der Waals surface area contributed by atoms with Crippen LogP contribution in [-0.2, 0) is 0 Å². The van der Waals surface area contributed by atoms with Crippen molar-refractivity contribution < 1.29 is 5.11 Å². The highest BCUT2D eigenvalue weighted by molar-refractivity contribution is 5.05. The fourth-order valence-electron chi connectivity index (χ4n) is 4.17. The van der Waals surface area contributed by atoms with E-state index in [9.17, 15) is 5.11 Å². The smallest absolute Gasteiger partial charge is 0.0602 e. The van der Waals surface area contributed by atoms with Crippen molar-refractivity contribution in [1.29, 1.82) is 0 Å². The summed E-state index contributed by atoms with van der Waals surface area (Å²) >= 11 is 0. The standard InChI is InChI=1S/C13H22O/c14-13(9-5-2-1-3-6-9)12-10-7-4-8-11(10)12/h9-14H,1-8H2. The van der Waals surface area contributed by atoms with Crippen molar-refractivity contribution in [2.24, 2.45) is 23.7 Å². The molecule has 0 spiro atoms. The van der Waals surface area contributed by atoms with Crippen LogP contribution in [0.1, 0.15) is 51.4 Å². The molecule has 3 fully saturated rings. The van der Waals surface area contributed by atoms with Crippen molar-refractivity contribution in [2.45, 2.75) is 57.5 Å². The van der Waals surface area contributed by atoms with Crippen LogP contribution in [0.25, 0.3) is 0 Å². The predicted molar refractivity (Wildman–Crippen MR) is 56.9 cm³/mol. The van der Waals surface area contributed by atoms with E-state index in [-0.39, 0.29) is 6.10 Å². The largest absolute Gasteiger partial charge is 0.393 e. The normalized spacial score (nSPS) is 44.8. The molecule has 80 valence electrons. The number of hydrogen-bond donors (Lipinski definition) is 1. The van der Waals surface area contributed by atoms with E-state index in [0.717, 1.165) is 17.8 Å². The fraction of sp³-hybridized carbons (Fsp3) is 1.00. The second-order valence-electron chi connectivity index (χ2n) is 5.72. The molecule has 3 aliphatic rings. The maximum Gasteiger partial charge on any atom is 0.0602 e. The number of aliphatic hydroxyl groups excluding tert-OH is 1. The lowest BCUT2D eigenvalue weighted by Gasteiger charge is -2.27. The Bertz CT molecular complexity index is 195. The molecule has 0 aromatic heterocycles. The minimum Gasteiger partial charge on any atom is -0.393 e. The van der Waals surface area contributed by atoms with Crippen molar-refractivity contribution in [2.75, 3.05) is 0 Å². The average Bonchev–Trinajstić information content (AvgIpc) is 2.72. The molecule has 0 radical (unpaired) electrons. The first-order valence-electron chi connectivity index (χ1n) is 6.56. The molecule has 0 aromatic carbocycles. The van der Waals surface area contributed by atoms with Crippen molar-refractivity contribution in [1.82, 2.24) is 0 Å². The summed E-state index contributed by atoms with van der Waals surface area (Å²) in [5.74, 6) is 3.27. The summed E-state index contributed by atoms with van der Waals surface area (Å²) in [5, 5.41) is 10.3. The second kappa shape index (κ2) is 3.52. The molecule has 1 N–H and O–H groups in total. The van der Waals surface area contributed by atoms with Crippen molar-refractivity contribution in [3.63, 3.8) is 0 Å². The third kappa shape index (κ3) is 1.41. The van der Waals surface area contributed by atoms with Crippen LogP contribution < -0.4 is 0 Å². The molecule has 0 heterocycles. The Balaban J connectivity index is 1.57. The Hall–Kier alpha value is -0.0400. The third-order valence-electron chi connectivity index (χ3n) is 5.00. The van der Waals surface area contributed by atoms with E-state index in [1.807, 2.05) is 0 Å². The van der Waals surface area contributed by atoms with Gasteiger partial charge in [-0.2, -0.15) is 0 Å². The summed E-state index contributed by atoms with van der Waals surface area (Å²) in [6, 6.07) is 0. The third-order valence-corrected chi connectivity index (χ3v) is 5.00. The van der Waals surface area contributed by atoms with Gasteiger partial charge < -0.3 is 5.11 Å². The Labute approximate surface area is 86.9 Å². The summed E-state index contributed by atoms with van der Waals surface area (Å²) in [6.45, 7) is 0. The molecule has 14 heavy (non-hydrogen) atoms. The average molecular weight is 194 g/mol. The predicted octanol–water partition coefficient (Wildman–Crippen LogP) is 2.97. The Morgan fingerprint density at radius 3 is 2.07 bits per heavy atom. The van der Waals surface area contributed by atoms with E-state index >= 15 is 0 Å². The molecule has 0 aromatic rings. The maximum atomic E-state index is 10.3. The second-order valence-corrected chi connectivity index (χ2v) is 5.72. The molecular weight excluding hydrogens is 172 g/mol. The maximum absolute atomic E-state index is 10.3. The van der Waals surface area contributed by atoms with Crippen LogP contribution in [0, 0.1) is 23.7 Å². The molecule has 1 nitrogen and oxygen atoms in total. The van der Waals surface area contributed by atoms with E-state index in [1.54, 1.807) is 0 Å². The first-order chi connectivity index (χ1) is 6.88. The summed E-state index contributed by atoms with van der Waals surface area (Å²) in [6.07, 6.45) is 11.1. The number of fused-ring (bicyclic) bond motifs is 1. The van der Waals surface area contributed by atoms with Crippen molar-refractivity contribution >= 4 is 0 Å². The summed E-state index contributed by atoms with van der Waals surface area (Å²) in [4.78, 5) is 0. The van der Waals surface area contributed by atoms with Gasteiger partial charge in [0.15, 0.2) is 0 Å². The highest BCUT2D eigenvalue weighted by Gasteiger charge is 2.56. The molecule has 3 rings (SSSR count). The SMILES string of the molecule is OC(C1CCCCC1)C1C2CCCC21.